The van der Waals surface area contributed by atoms with Gasteiger partial charge in [0.05, 0.1) is 4.90 Å². The Bertz CT molecular complexity index is 486. The zero-order chi connectivity index (χ0) is 15.0. The van der Waals surface area contributed by atoms with Crippen LogP contribution in [-0.2, 0) is 10.0 Å². The van der Waals surface area contributed by atoms with Gasteiger partial charge in [0.25, 0.3) is 0 Å². The highest BCUT2D eigenvalue weighted by atomic mass is 32.2. The number of ether oxygens (including phenoxy) is 1. The summed E-state index contributed by atoms with van der Waals surface area (Å²) in [6, 6.07) is 6.42. The van der Waals surface area contributed by atoms with E-state index in [1.165, 1.54) is 0 Å². The van der Waals surface area contributed by atoms with Gasteiger partial charge in [0.15, 0.2) is 0 Å². The van der Waals surface area contributed by atoms with E-state index >= 15 is 0 Å². The number of likely N-dealkylation sites (N-methyl/N-ethyl adjacent to an activating group) is 2. The van der Waals surface area contributed by atoms with Gasteiger partial charge in [-0.05, 0) is 45.4 Å². The summed E-state index contributed by atoms with van der Waals surface area (Å²) in [6.45, 7) is 2.33. The largest absolute Gasteiger partial charge is 0.492 e. The third-order valence-electron chi connectivity index (χ3n) is 2.61. The van der Waals surface area contributed by atoms with Crippen molar-refractivity contribution in [1.82, 2.24) is 14.9 Å². The molecule has 0 saturated carbocycles. The smallest absolute Gasteiger partial charge is 0.240 e. The predicted octanol–water partition coefficient (Wildman–Crippen LogP) is 0.125. The van der Waals surface area contributed by atoms with Crippen molar-refractivity contribution in [3.05, 3.63) is 24.3 Å². The fourth-order valence-electron chi connectivity index (χ4n) is 1.47. The maximum Gasteiger partial charge on any atom is 0.240 e. The van der Waals surface area contributed by atoms with Crippen molar-refractivity contribution in [2.24, 2.45) is 0 Å². The highest BCUT2D eigenvalue weighted by Crippen LogP contribution is 2.15. The van der Waals surface area contributed by atoms with Crippen LogP contribution in [0.2, 0.25) is 0 Å². The average Bonchev–Trinajstić information content (AvgIpc) is 2.39. The molecule has 0 fully saturated rings. The lowest BCUT2D eigenvalue weighted by atomic mass is 10.3. The van der Waals surface area contributed by atoms with Crippen molar-refractivity contribution in [1.29, 1.82) is 0 Å². The molecule has 6 nitrogen and oxygen atoms in total. The molecule has 1 aromatic rings. The molecule has 0 bridgehead atoms. The number of rotatable bonds is 9. The maximum atomic E-state index is 12.0. The number of benzene rings is 1. The molecule has 0 radical (unpaired) electrons. The van der Waals surface area contributed by atoms with E-state index in [1.54, 1.807) is 24.3 Å². The lowest BCUT2D eigenvalue weighted by Crippen LogP contribution is -2.31. The Kier molecular flexibility index (Phi) is 6.94. The van der Waals surface area contributed by atoms with Crippen LogP contribution in [0.4, 0.5) is 0 Å². The molecule has 0 spiro atoms. The molecule has 0 aliphatic carbocycles. The summed E-state index contributed by atoms with van der Waals surface area (Å²) in [5, 5.41) is 2.97. The van der Waals surface area contributed by atoms with E-state index in [0.29, 0.717) is 25.4 Å². The molecule has 20 heavy (non-hydrogen) atoms. The molecule has 0 unspecified atom stereocenters. The molecule has 0 saturated heterocycles. The fraction of sp³-hybridized carbons (Fsp3) is 0.538. The fourth-order valence-corrected chi connectivity index (χ4v) is 2.49. The topological polar surface area (TPSA) is 70.7 Å². The van der Waals surface area contributed by atoms with Gasteiger partial charge in [-0.15, -0.1) is 0 Å². The van der Waals surface area contributed by atoms with Crippen LogP contribution >= 0.6 is 0 Å². The minimum absolute atomic E-state index is 0.247. The SMILES string of the molecule is CNCCOc1ccc(S(=O)(=O)NCCN(C)C)cc1. The second-order valence-electron chi connectivity index (χ2n) is 4.62. The van der Waals surface area contributed by atoms with Crippen molar-refractivity contribution in [3.8, 4) is 5.75 Å². The van der Waals surface area contributed by atoms with E-state index in [1.807, 2.05) is 26.0 Å². The highest BCUT2D eigenvalue weighted by molar-refractivity contribution is 7.89. The van der Waals surface area contributed by atoms with E-state index in [2.05, 4.69) is 10.0 Å². The summed E-state index contributed by atoms with van der Waals surface area (Å²) < 4.78 is 32.0. The van der Waals surface area contributed by atoms with Crippen LogP contribution in [0.3, 0.4) is 0 Å². The second kappa shape index (κ2) is 8.21. The predicted molar refractivity (Wildman–Crippen MR) is 79.6 cm³/mol. The van der Waals surface area contributed by atoms with Crippen LogP contribution in [0.25, 0.3) is 0 Å². The highest BCUT2D eigenvalue weighted by Gasteiger charge is 2.13. The summed E-state index contributed by atoms with van der Waals surface area (Å²) in [6.07, 6.45) is 0. The van der Waals surface area contributed by atoms with Crippen molar-refractivity contribution in [3.63, 3.8) is 0 Å². The summed E-state index contributed by atoms with van der Waals surface area (Å²) >= 11 is 0. The monoisotopic (exact) mass is 301 g/mol. The molecule has 114 valence electrons. The first-order valence-corrected chi connectivity index (χ1v) is 7.96. The Labute approximate surface area is 121 Å². The summed E-state index contributed by atoms with van der Waals surface area (Å²) in [7, 11) is 2.19. The van der Waals surface area contributed by atoms with Crippen LogP contribution in [0, 0.1) is 0 Å². The van der Waals surface area contributed by atoms with E-state index in [-0.39, 0.29) is 4.90 Å². The molecule has 0 aliphatic rings. The Morgan fingerprint density at radius 1 is 1.15 bits per heavy atom. The van der Waals surface area contributed by atoms with Crippen molar-refractivity contribution in [2.75, 3.05) is 47.4 Å². The van der Waals surface area contributed by atoms with Gasteiger partial charge in [-0.2, -0.15) is 0 Å². The van der Waals surface area contributed by atoms with Gasteiger partial charge in [-0.1, -0.05) is 0 Å². The zero-order valence-corrected chi connectivity index (χ0v) is 13.0. The number of nitrogens with one attached hydrogen (secondary N) is 2. The average molecular weight is 301 g/mol. The molecule has 1 aromatic carbocycles. The number of sulfonamides is 1. The minimum atomic E-state index is -3.44. The molecular formula is C13H23N3O3S. The van der Waals surface area contributed by atoms with Crippen LogP contribution in [-0.4, -0.2) is 60.7 Å². The summed E-state index contributed by atoms with van der Waals surface area (Å²) in [5.41, 5.74) is 0. The minimum Gasteiger partial charge on any atom is -0.492 e. The van der Waals surface area contributed by atoms with Crippen LogP contribution in [0.15, 0.2) is 29.2 Å². The number of nitrogens with zero attached hydrogens (tertiary/aromatic N) is 1. The van der Waals surface area contributed by atoms with E-state index in [0.717, 1.165) is 6.54 Å². The quantitative estimate of drug-likeness (QED) is 0.634. The molecule has 0 heterocycles. The van der Waals surface area contributed by atoms with E-state index < -0.39 is 10.0 Å². The Morgan fingerprint density at radius 2 is 1.80 bits per heavy atom. The Hall–Kier alpha value is -1.15. The zero-order valence-electron chi connectivity index (χ0n) is 12.2. The summed E-state index contributed by atoms with van der Waals surface area (Å²) in [4.78, 5) is 2.17. The maximum absolute atomic E-state index is 12.0. The van der Waals surface area contributed by atoms with E-state index in [4.69, 9.17) is 4.74 Å². The van der Waals surface area contributed by atoms with Crippen LogP contribution in [0.1, 0.15) is 0 Å². The van der Waals surface area contributed by atoms with Crippen molar-refractivity contribution in [2.45, 2.75) is 4.90 Å². The van der Waals surface area contributed by atoms with Crippen LogP contribution in [0.5, 0.6) is 5.75 Å². The molecule has 0 atom stereocenters. The molecule has 1 rings (SSSR count). The first-order chi connectivity index (χ1) is 9.45. The van der Waals surface area contributed by atoms with Gasteiger partial charge >= 0.3 is 0 Å². The molecule has 0 amide bonds. The first-order valence-electron chi connectivity index (χ1n) is 6.47. The lowest BCUT2D eigenvalue weighted by Gasteiger charge is -2.11. The molecule has 2 N–H and O–H groups in total. The van der Waals surface area contributed by atoms with Crippen LogP contribution < -0.4 is 14.8 Å². The van der Waals surface area contributed by atoms with Crippen molar-refractivity contribution < 1.29 is 13.2 Å². The first kappa shape index (κ1) is 16.9. The molecule has 0 aromatic heterocycles. The lowest BCUT2D eigenvalue weighted by molar-refractivity contribution is 0.318. The van der Waals surface area contributed by atoms with Gasteiger partial charge in [0.1, 0.15) is 12.4 Å². The van der Waals surface area contributed by atoms with Gasteiger partial charge in [-0.25, -0.2) is 13.1 Å². The molecular weight excluding hydrogens is 278 g/mol. The molecule has 7 heteroatoms. The van der Waals surface area contributed by atoms with E-state index in [9.17, 15) is 8.42 Å². The molecule has 0 aliphatic heterocycles. The standard InChI is InChI=1S/C13H23N3O3S/c1-14-9-11-19-12-4-6-13(7-5-12)20(17,18)15-8-10-16(2)3/h4-7,14-15H,8-11H2,1-3H3. The van der Waals surface area contributed by atoms with Gasteiger partial charge in [0, 0.05) is 19.6 Å². The second-order valence-corrected chi connectivity index (χ2v) is 6.39. The third kappa shape index (κ3) is 5.87. The van der Waals surface area contributed by atoms with Gasteiger partial charge in [0.2, 0.25) is 10.0 Å². The summed E-state index contributed by atoms with van der Waals surface area (Å²) in [5.74, 6) is 0.660. The number of hydrogen-bond donors (Lipinski definition) is 2. The van der Waals surface area contributed by atoms with Gasteiger partial charge in [-0.3, -0.25) is 0 Å². The number of hydrogen-bond acceptors (Lipinski definition) is 5. The van der Waals surface area contributed by atoms with Crippen molar-refractivity contribution >= 4 is 10.0 Å². The Morgan fingerprint density at radius 3 is 2.35 bits per heavy atom. The Balaban J connectivity index is 2.57. The third-order valence-corrected chi connectivity index (χ3v) is 4.08. The normalized spacial score (nSPS) is 11.8. The van der Waals surface area contributed by atoms with Gasteiger partial charge < -0.3 is 15.0 Å².